The van der Waals surface area contributed by atoms with Gasteiger partial charge in [0, 0.05) is 79.7 Å². The average Bonchev–Trinajstić information content (AvgIpc) is 1.72. The fourth-order valence-corrected chi connectivity index (χ4v) is 11.2. The molecule has 24 nitrogen and oxygen atoms in total. The van der Waals surface area contributed by atoms with Crippen molar-refractivity contribution in [2.24, 2.45) is 7.05 Å². The Hall–Kier alpha value is -11.7. The number of nitrogens with one attached hydrogen (secondary N) is 3. The van der Waals surface area contributed by atoms with Gasteiger partial charge in [0.15, 0.2) is 0 Å². The van der Waals surface area contributed by atoms with Crippen LogP contribution in [0.1, 0.15) is 76.4 Å². The molecule has 0 fully saturated rings. The zero-order valence-corrected chi connectivity index (χ0v) is 66.4. The van der Waals surface area contributed by atoms with Crippen molar-refractivity contribution in [3.05, 3.63) is 249 Å². The third-order valence-corrected chi connectivity index (χ3v) is 16.7. The Balaban J connectivity index is 0.000000466. The van der Waals surface area contributed by atoms with Crippen molar-refractivity contribution in [3.8, 4) is 0 Å². The van der Waals surface area contributed by atoms with E-state index >= 15 is 0 Å². The Morgan fingerprint density at radius 2 is 0.808 bits per heavy atom. The maximum absolute atomic E-state index is 12.7. The number of anilines is 6. The third kappa shape index (κ3) is 30.6. The molecule has 0 spiro atoms. The van der Waals surface area contributed by atoms with Crippen molar-refractivity contribution in [1.29, 1.82) is 0 Å². The van der Waals surface area contributed by atoms with E-state index in [9.17, 15) is 160 Å². The molecule has 0 aliphatic carbocycles. The van der Waals surface area contributed by atoms with E-state index in [0.29, 0.717) is 29.3 Å². The number of nitrogens with zero attached hydrogens (tertiary/aromatic N) is 8. The number of nitrogens with two attached hydrogens (primary N) is 2. The molecule has 1 amide bonds. The summed E-state index contributed by atoms with van der Waals surface area (Å²) in [7, 11) is 6.87. The molecule has 0 saturated carbocycles. The zero-order chi connectivity index (χ0) is 92.8. The van der Waals surface area contributed by atoms with E-state index in [0.717, 1.165) is 79.4 Å². The first-order valence-electron chi connectivity index (χ1n) is 31.9. The second kappa shape index (κ2) is 42.8. The minimum Gasteiger partial charge on any atom is -0.399 e. The first-order valence-corrected chi connectivity index (χ1v) is 34.2. The number of ketones is 2. The molecule has 0 radical (unpaired) electrons. The number of carbonyl (C=O) groups is 3. The van der Waals surface area contributed by atoms with Crippen molar-refractivity contribution in [1.82, 2.24) is 15.0 Å². The van der Waals surface area contributed by atoms with Gasteiger partial charge in [-0.25, -0.2) is 4.68 Å². The van der Waals surface area contributed by atoms with Gasteiger partial charge < -0.3 is 32.3 Å². The van der Waals surface area contributed by atoms with Gasteiger partial charge in [0.05, 0.1) is 58.8 Å². The lowest BCUT2D eigenvalue weighted by Gasteiger charge is -2.17. The SMILES string of the molecule is CC(=O)Cc1cccc(C(F)(F)F)c1.CC(=O)Cc1cccc(C(F)(F)F)c1[N+](=O)[O-].CC(=O)N(C)c1cccc(C(F)(F)F)c1[N+](=O)[O-].CNc1ccc(Br)c(C(F)(F)F)c1N.CNc1ccc(Br)c(C(F)(F)F)c1[N+](=O)[O-].CNc1cccc(C(F)(F)F)c1[N+](=O)[O-].Cn1nnc2c(C(F)(F)F)c(Br)ccc21.Nc1cccc(C(F)(F)F)c1. The van der Waals surface area contributed by atoms with Crippen LogP contribution in [0.4, 0.5) is 162 Å². The van der Waals surface area contributed by atoms with Gasteiger partial charge in [-0.1, -0.05) is 85.6 Å². The summed E-state index contributed by atoms with van der Waals surface area (Å²) in [5.74, 6) is -1.19. The fraction of sp³-hybridized carbons (Fsp3) is 0.261. The number of benzene rings is 8. The van der Waals surface area contributed by atoms with Gasteiger partial charge in [-0.15, -0.1) is 5.10 Å². The van der Waals surface area contributed by atoms with Crippen molar-refractivity contribution in [2.45, 2.75) is 83.0 Å². The lowest BCUT2D eigenvalue weighted by molar-refractivity contribution is -0.388. The molecule has 120 heavy (non-hydrogen) atoms. The van der Waals surface area contributed by atoms with Crippen molar-refractivity contribution in [3.63, 3.8) is 0 Å². The van der Waals surface area contributed by atoms with Crippen LogP contribution in [-0.4, -0.2) is 80.4 Å². The Bertz CT molecular complexity index is 5140. The number of halogens is 27. The highest BCUT2D eigenvalue weighted by atomic mass is 79.9. The molecule has 0 bridgehead atoms. The quantitative estimate of drug-likeness (QED) is 0.0328. The number of hydrogen-bond donors (Lipinski definition) is 5. The molecule has 0 saturated heterocycles. The van der Waals surface area contributed by atoms with E-state index in [1.807, 2.05) is 0 Å². The first-order chi connectivity index (χ1) is 54.7. The van der Waals surface area contributed by atoms with E-state index in [1.54, 1.807) is 7.05 Å². The molecule has 9 rings (SSSR count). The average molecular weight is 1940 g/mol. The number of alkyl halides is 24. The molecular formula is C69H58Br3F24N13O11. The highest BCUT2D eigenvalue weighted by Crippen LogP contribution is 2.47. The third-order valence-electron chi connectivity index (χ3n) is 14.7. The highest BCUT2D eigenvalue weighted by Gasteiger charge is 2.45. The molecule has 51 heteroatoms. The molecule has 1 heterocycles. The Morgan fingerprint density at radius 1 is 0.433 bits per heavy atom. The van der Waals surface area contributed by atoms with Crippen LogP contribution in [0.2, 0.25) is 0 Å². The van der Waals surface area contributed by atoms with Crippen LogP contribution in [0.25, 0.3) is 11.0 Å². The summed E-state index contributed by atoms with van der Waals surface area (Å²) in [6.07, 6.45) is -37.0. The molecule has 9 aromatic rings. The number of rotatable bonds is 12. The smallest absolute Gasteiger partial charge is 0.399 e. The molecule has 0 aliphatic rings. The Labute approximate surface area is 684 Å². The van der Waals surface area contributed by atoms with Crippen molar-refractivity contribution < 1.29 is 139 Å². The lowest BCUT2D eigenvalue weighted by atomic mass is 10.0. The first kappa shape index (κ1) is 104. The number of aryl methyl sites for hydroxylation is 1. The molecular weight excluding hydrogens is 1880 g/mol. The molecule has 7 N–H and O–H groups in total. The Morgan fingerprint density at radius 3 is 1.21 bits per heavy atom. The molecule has 0 unspecified atom stereocenters. The second-order valence-corrected chi connectivity index (χ2v) is 25.9. The van der Waals surface area contributed by atoms with Crippen LogP contribution in [-0.2, 0) is 83.7 Å². The number of nitro groups is 4. The molecule has 654 valence electrons. The number of nitrogen functional groups attached to an aromatic ring is 2. The standard InChI is InChI=1S/C10H9F3N2O3.C10H8F3NO3.C10H9F3O.C8H5BrF3N3.C8H6BrF3N2O2.C8H8BrF3N2.C8H7F3N2O2.C7H6F3N/c1-6(16)14(2)8-5-3-4-7(10(11,12)13)9(8)15(17)18;1-6(15)5-7-3-2-4-8(10(11,12)13)9(7)14(16)17;1-7(14)5-8-3-2-4-9(6-8)10(11,12)13;1-15-5-3-2-4(9)6(8(10,11)12)7(5)13-14-15;1-13-5-3-2-4(9)6(8(10,11)12)7(5)14(15)16;1-14-5-3-2-4(9)6(7(5)13)8(10,11)12;1-12-6-4-2-3-5(8(9,10)11)7(6)13(14)15;8-7(9,10)5-2-1-3-6(11)4-5/h3-5H,1-2H3;2-4H,5H2,1H3;2-4,6H,5H2,1H3;2-3H,1H3;2-3,13H,1H3;2-3,14H,13H2,1H3;2-4,12H,1H3;1-4H,11H2. The maximum Gasteiger partial charge on any atom is 0.424 e. The predicted octanol–water partition coefficient (Wildman–Crippen LogP) is 22.4. The van der Waals surface area contributed by atoms with E-state index < -0.39 is 148 Å². The number of para-hydroxylation sites is 3. The highest BCUT2D eigenvalue weighted by molar-refractivity contribution is 9.11. The molecule has 8 aromatic carbocycles. The van der Waals surface area contributed by atoms with Gasteiger partial charge in [0.1, 0.15) is 56.4 Å². The van der Waals surface area contributed by atoms with Gasteiger partial charge in [-0.05, 0) is 126 Å². The van der Waals surface area contributed by atoms with Crippen molar-refractivity contribution >= 4 is 133 Å². The minimum absolute atomic E-state index is 0.0250. The number of fused-ring (bicyclic) bond motifs is 1. The number of aromatic nitrogens is 3. The van der Waals surface area contributed by atoms with Crippen LogP contribution in [0.5, 0.6) is 0 Å². The summed E-state index contributed by atoms with van der Waals surface area (Å²) in [4.78, 5) is 71.7. The van der Waals surface area contributed by atoms with E-state index in [4.69, 9.17) is 11.5 Å². The summed E-state index contributed by atoms with van der Waals surface area (Å²) < 4.78 is 299. The number of nitro benzene ring substituents is 4. The zero-order valence-electron chi connectivity index (χ0n) is 61.6. The maximum atomic E-state index is 12.7. The summed E-state index contributed by atoms with van der Waals surface area (Å²) in [5, 5.41) is 57.0. The number of amides is 1. The normalized spacial score (nSPS) is 11.5. The summed E-state index contributed by atoms with van der Waals surface area (Å²) in [6.45, 7) is 3.61. The number of Topliss-reactive ketones (excluding diaryl/α,β-unsaturated/α-hetero) is 2. The molecule has 0 aliphatic heterocycles. The predicted molar refractivity (Wildman–Crippen MR) is 399 cm³/mol. The van der Waals surface area contributed by atoms with E-state index in [-0.39, 0.29) is 77.2 Å². The topological polar surface area (TPSA) is 346 Å². The largest absolute Gasteiger partial charge is 0.424 e. The summed E-state index contributed by atoms with van der Waals surface area (Å²) >= 11 is 8.35. The van der Waals surface area contributed by atoms with Crippen LogP contribution in [0, 0.1) is 40.5 Å². The van der Waals surface area contributed by atoms with E-state index in [1.165, 1.54) is 100 Å². The van der Waals surface area contributed by atoms with Crippen molar-refractivity contribution in [2.75, 3.05) is 60.5 Å². The summed E-state index contributed by atoms with van der Waals surface area (Å²) in [5.41, 5.74) is -2.12. The lowest BCUT2D eigenvalue weighted by Crippen LogP contribution is -2.24. The monoisotopic (exact) mass is 1940 g/mol. The molecule has 1 aromatic heterocycles. The number of hydrogen-bond acceptors (Lipinski definition) is 18. The van der Waals surface area contributed by atoms with Gasteiger partial charge in [0.25, 0.3) is 5.69 Å². The fourth-order valence-electron chi connectivity index (χ4n) is 9.54. The van der Waals surface area contributed by atoms with Gasteiger partial charge in [-0.2, -0.15) is 105 Å². The minimum atomic E-state index is -4.85. The Kier molecular flexibility index (Phi) is 37.3. The second-order valence-electron chi connectivity index (χ2n) is 23.3. The molecule has 0 atom stereocenters. The van der Waals surface area contributed by atoms with Crippen LogP contribution >= 0.6 is 47.8 Å². The van der Waals surface area contributed by atoms with Crippen LogP contribution in [0.15, 0.2) is 153 Å². The van der Waals surface area contributed by atoms with Crippen LogP contribution in [0.3, 0.4) is 0 Å². The van der Waals surface area contributed by atoms with E-state index in [2.05, 4.69) is 74.1 Å². The van der Waals surface area contributed by atoms with Gasteiger partial charge in [0.2, 0.25) is 5.91 Å². The number of carbonyl (C=O) groups excluding carboxylic acids is 3. The summed E-state index contributed by atoms with van der Waals surface area (Å²) in [6, 6.07) is 25.9. The van der Waals surface area contributed by atoms with Gasteiger partial charge in [-0.3, -0.25) is 54.8 Å². The van der Waals surface area contributed by atoms with Crippen LogP contribution < -0.4 is 32.3 Å². The van der Waals surface area contributed by atoms with Gasteiger partial charge >= 0.3 is 66.5 Å².